The van der Waals surface area contributed by atoms with Crippen LogP contribution in [0.15, 0.2) is 6.20 Å². The highest BCUT2D eigenvalue weighted by atomic mass is 16.6. The third-order valence-electron chi connectivity index (χ3n) is 2.85. The molecule has 8 heteroatoms. The highest BCUT2D eigenvalue weighted by molar-refractivity contribution is 5.73. The topological polar surface area (TPSA) is 110 Å². The fraction of sp³-hybridized carbons (Fsp3) is 0.636. The summed E-state index contributed by atoms with van der Waals surface area (Å²) in [5.41, 5.74) is 0. The second-order valence-electron chi connectivity index (χ2n) is 4.59. The number of nitro groups is 1. The van der Waals surface area contributed by atoms with Gasteiger partial charge >= 0.3 is 11.8 Å². The predicted octanol–water partition coefficient (Wildman–Crippen LogP) is 0.799. The van der Waals surface area contributed by atoms with Crippen LogP contribution in [0.5, 0.6) is 0 Å². The van der Waals surface area contributed by atoms with Crippen molar-refractivity contribution in [2.75, 3.05) is 6.54 Å². The van der Waals surface area contributed by atoms with E-state index in [0.29, 0.717) is 18.9 Å². The average Bonchev–Trinajstić information content (AvgIpc) is 2.65. The molecule has 0 spiro atoms. The van der Waals surface area contributed by atoms with E-state index in [1.165, 1.54) is 10.8 Å². The van der Waals surface area contributed by atoms with Crippen LogP contribution in [-0.4, -0.2) is 38.1 Å². The monoisotopic (exact) mass is 270 g/mol. The number of aromatic nitrogens is 2. The van der Waals surface area contributed by atoms with Gasteiger partial charge in [0.2, 0.25) is 0 Å². The van der Waals surface area contributed by atoms with Crippen molar-refractivity contribution in [2.45, 2.75) is 33.4 Å². The lowest BCUT2D eigenvalue weighted by Crippen LogP contribution is -2.42. The first-order valence-electron chi connectivity index (χ1n) is 5.97. The first-order chi connectivity index (χ1) is 8.84. The van der Waals surface area contributed by atoms with Crippen molar-refractivity contribution in [3.63, 3.8) is 0 Å². The van der Waals surface area contributed by atoms with Crippen LogP contribution >= 0.6 is 0 Å². The summed E-state index contributed by atoms with van der Waals surface area (Å²) >= 11 is 0. The minimum absolute atomic E-state index is 0.0589. The predicted molar refractivity (Wildman–Crippen MR) is 67.9 cm³/mol. The van der Waals surface area contributed by atoms with Crippen LogP contribution in [-0.2, 0) is 11.3 Å². The standard InChI is InChI=1S/C11H18N4O4/c1-7(2)10(11(16)17)12-4-5-14-8(3)13-6-9(14)15(18)19/h6-7,10,12H,4-5H2,1-3H3,(H,16,17). The van der Waals surface area contributed by atoms with Gasteiger partial charge in [0.25, 0.3) is 0 Å². The molecule has 0 bridgehead atoms. The highest BCUT2D eigenvalue weighted by Gasteiger charge is 2.22. The number of nitrogens with zero attached hydrogens (tertiary/aromatic N) is 3. The molecule has 1 atom stereocenters. The third-order valence-corrected chi connectivity index (χ3v) is 2.85. The summed E-state index contributed by atoms with van der Waals surface area (Å²) in [6.07, 6.45) is 1.20. The normalized spacial score (nSPS) is 12.6. The van der Waals surface area contributed by atoms with E-state index >= 15 is 0 Å². The van der Waals surface area contributed by atoms with Gasteiger partial charge in [-0.05, 0) is 10.8 Å². The quantitative estimate of drug-likeness (QED) is 0.560. The highest BCUT2D eigenvalue weighted by Crippen LogP contribution is 2.12. The van der Waals surface area contributed by atoms with Crippen molar-refractivity contribution in [1.82, 2.24) is 14.9 Å². The van der Waals surface area contributed by atoms with E-state index in [0.717, 1.165) is 0 Å². The number of nitrogens with one attached hydrogen (secondary N) is 1. The molecule has 0 fully saturated rings. The Morgan fingerprint density at radius 2 is 2.26 bits per heavy atom. The molecule has 0 aromatic carbocycles. The molecule has 8 nitrogen and oxygen atoms in total. The fourth-order valence-corrected chi connectivity index (χ4v) is 1.82. The summed E-state index contributed by atoms with van der Waals surface area (Å²) in [4.78, 5) is 25.1. The Kier molecular flexibility index (Phi) is 4.99. The summed E-state index contributed by atoms with van der Waals surface area (Å²) in [6, 6.07) is -0.664. The van der Waals surface area contributed by atoms with E-state index < -0.39 is 16.9 Å². The van der Waals surface area contributed by atoms with Gasteiger partial charge in [-0.3, -0.25) is 4.79 Å². The maximum absolute atomic E-state index is 11.0. The molecule has 106 valence electrons. The molecule has 0 saturated heterocycles. The lowest BCUT2D eigenvalue weighted by Gasteiger charge is -2.17. The number of aryl methyl sites for hydroxylation is 1. The Hall–Kier alpha value is -1.96. The molecule has 0 aliphatic rings. The van der Waals surface area contributed by atoms with E-state index in [-0.39, 0.29) is 11.7 Å². The summed E-state index contributed by atoms with van der Waals surface area (Å²) in [5, 5.41) is 22.7. The lowest BCUT2D eigenvalue weighted by atomic mass is 10.1. The zero-order valence-electron chi connectivity index (χ0n) is 11.2. The molecule has 1 unspecified atom stereocenters. The van der Waals surface area contributed by atoms with Gasteiger partial charge in [0, 0.05) is 13.5 Å². The van der Waals surface area contributed by atoms with Gasteiger partial charge in [-0.25, -0.2) is 9.55 Å². The maximum Gasteiger partial charge on any atom is 0.342 e. The summed E-state index contributed by atoms with van der Waals surface area (Å²) < 4.78 is 1.45. The Morgan fingerprint density at radius 3 is 2.74 bits per heavy atom. The minimum atomic E-state index is -0.924. The van der Waals surface area contributed by atoms with E-state index in [1.807, 2.05) is 0 Å². The summed E-state index contributed by atoms with van der Waals surface area (Å²) in [7, 11) is 0. The van der Waals surface area contributed by atoms with Gasteiger partial charge in [0.15, 0.2) is 5.82 Å². The SMILES string of the molecule is Cc1ncc([N+](=O)[O-])n1CCNC(C(=O)O)C(C)C. The van der Waals surface area contributed by atoms with Crippen LogP contribution in [0.4, 0.5) is 5.82 Å². The number of carboxylic acid groups (broad SMARTS) is 1. The maximum atomic E-state index is 11.0. The Morgan fingerprint density at radius 1 is 1.63 bits per heavy atom. The van der Waals surface area contributed by atoms with E-state index in [1.54, 1.807) is 20.8 Å². The first kappa shape index (κ1) is 15.1. The Balaban J connectivity index is 2.65. The second kappa shape index (κ2) is 6.28. The summed E-state index contributed by atoms with van der Waals surface area (Å²) in [5.74, 6) is -0.538. The molecule has 1 heterocycles. The molecular formula is C11H18N4O4. The Labute approximate surface area is 110 Å². The van der Waals surface area contributed by atoms with Crippen molar-refractivity contribution < 1.29 is 14.8 Å². The van der Waals surface area contributed by atoms with E-state index in [2.05, 4.69) is 10.3 Å². The van der Waals surface area contributed by atoms with Gasteiger partial charge in [0.05, 0.1) is 0 Å². The molecule has 1 aromatic rings. The molecule has 0 amide bonds. The molecule has 19 heavy (non-hydrogen) atoms. The van der Waals surface area contributed by atoms with Gasteiger partial charge in [-0.15, -0.1) is 0 Å². The van der Waals surface area contributed by atoms with Crippen molar-refractivity contribution in [3.8, 4) is 0 Å². The Bertz CT molecular complexity index is 469. The van der Waals surface area contributed by atoms with Crippen LogP contribution in [0.1, 0.15) is 19.7 Å². The van der Waals surface area contributed by atoms with Gasteiger partial charge in [-0.2, -0.15) is 0 Å². The average molecular weight is 270 g/mol. The molecule has 2 N–H and O–H groups in total. The smallest absolute Gasteiger partial charge is 0.342 e. The lowest BCUT2D eigenvalue weighted by molar-refractivity contribution is -0.392. The van der Waals surface area contributed by atoms with E-state index in [4.69, 9.17) is 5.11 Å². The molecule has 0 radical (unpaired) electrons. The molecule has 1 aromatic heterocycles. The van der Waals surface area contributed by atoms with Crippen molar-refractivity contribution >= 4 is 11.8 Å². The third kappa shape index (κ3) is 3.75. The van der Waals surface area contributed by atoms with Crippen LogP contribution in [0.2, 0.25) is 0 Å². The number of rotatable bonds is 7. The molecule has 0 aliphatic heterocycles. The molecule has 0 saturated carbocycles. The van der Waals surface area contributed by atoms with Crippen LogP contribution < -0.4 is 5.32 Å². The van der Waals surface area contributed by atoms with Gasteiger partial charge < -0.3 is 20.5 Å². The number of carbonyl (C=O) groups is 1. The molecule has 0 aliphatic carbocycles. The van der Waals surface area contributed by atoms with Crippen molar-refractivity contribution in [3.05, 3.63) is 22.1 Å². The van der Waals surface area contributed by atoms with Crippen LogP contribution in [0.3, 0.4) is 0 Å². The van der Waals surface area contributed by atoms with Gasteiger partial charge in [-0.1, -0.05) is 13.8 Å². The van der Waals surface area contributed by atoms with Crippen molar-refractivity contribution in [1.29, 1.82) is 0 Å². The van der Waals surface area contributed by atoms with E-state index in [9.17, 15) is 14.9 Å². The number of aliphatic carboxylic acids is 1. The van der Waals surface area contributed by atoms with Gasteiger partial charge in [0.1, 0.15) is 18.8 Å². The largest absolute Gasteiger partial charge is 0.480 e. The second-order valence-corrected chi connectivity index (χ2v) is 4.59. The zero-order chi connectivity index (χ0) is 14.6. The molecule has 1 rings (SSSR count). The first-order valence-corrected chi connectivity index (χ1v) is 5.97. The minimum Gasteiger partial charge on any atom is -0.480 e. The van der Waals surface area contributed by atoms with Crippen LogP contribution in [0, 0.1) is 23.0 Å². The molecular weight excluding hydrogens is 252 g/mol. The summed E-state index contributed by atoms with van der Waals surface area (Å²) in [6.45, 7) is 5.91. The zero-order valence-corrected chi connectivity index (χ0v) is 11.2. The number of imidazole rings is 1. The number of hydrogen-bond acceptors (Lipinski definition) is 5. The number of hydrogen-bond donors (Lipinski definition) is 2. The number of carboxylic acids is 1. The van der Waals surface area contributed by atoms with Crippen molar-refractivity contribution in [2.24, 2.45) is 5.92 Å². The van der Waals surface area contributed by atoms with Crippen LogP contribution in [0.25, 0.3) is 0 Å². The fourth-order valence-electron chi connectivity index (χ4n) is 1.82.